The maximum absolute atomic E-state index is 13.1. The largest absolute Gasteiger partial charge is 0.481 e. The van der Waals surface area contributed by atoms with Crippen LogP contribution in [0.4, 0.5) is 13.2 Å². The smallest absolute Gasteiger partial charge is 0.406 e. The number of fused-ring (bicyclic) bond motifs is 1. The molecule has 0 spiro atoms. The highest BCUT2D eigenvalue weighted by atomic mass is 19.4. The third-order valence-corrected chi connectivity index (χ3v) is 4.36. The number of aromatic nitrogens is 1. The molecule has 0 bridgehead atoms. The number of carboxylic acids is 1. The van der Waals surface area contributed by atoms with Gasteiger partial charge in [-0.05, 0) is 17.2 Å². The van der Waals surface area contributed by atoms with E-state index in [0.717, 1.165) is 0 Å². The van der Waals surface area contributed by atoms with E-state index in [2.05, 4.69) is 4.98 Å². The maximum atomic E-state index is 13.1. The van der Waals surface area contributed by atoms with Gasteiger partial charge >= 0.3 is 12.1 Å². The number of halogens is 3. The first-order valence-corrected chi connectivity index (χ1v) is 7.92. The second-order valence-corrected chi connectivity index (χ2v) is 6.03. The fraction of sp³-hybridized carbons (Fsp3) is 0.278. The van der Waals surface area contributed by atoms with Crippen LogP contribution in [0.15, 0.2) is 42.6 Å². The van der Waals surface area contributed by atoms with Gasteiger partial charge in [-0.15, -0.1) is 0 Å². The van der Waals surface area contributed by atoms with Crippen molar-refractivity contribution in [2.45, 2.75) is 18.1 Å². The molecule has 6 nitrogen and oxygen atoms in total. The van der Waals surface area contributed by atoms with Crippen LogP contribution in [0.25, 0.3) is 0 Å². The topological polar surface area (TPSA) is 79.7 Å². The minimum atomic E-state index is -4.69. The van der Waals surface area contributed by atoms with E-state index < -0.39 is 36.6 Å². The summed E-state index contributed by atoms with van der Waals surface area (Å²) in [5, 5.41) is 9.76. The molecule has 1 aromatic carbocycles. The van der Waals surface area contributed by atoms with Crippen molar-refractivity contribution < 1.29 is 32.6 Å². The lowest BCUT2D eigenvalue weighted by Gasteiger charge is -2.40. The van der Waals surface area contributed by atoms with Crippen molar-refractivity contribution in [2.75, 3.05) is 13.7 Å². The molecular weight excluding hydrogens is 365 g/mol. The molecule has 1 aromatic heterocycles. The zero-order valence-electron chi connectivity index (χ0n) is 14.1. The molecule has 1 N–H and O–H groups in total. The molecule has 1 aliphatic rings. The van der Waals surface area contributed by atoms with Gasteiger partial charge in [0.25, 0.3) is 5.91 Å². The summed E-state index contributed by atoms with van der Waals surface area (Å²) in [7, 11) is 1.37. The SMILES string of the molecule is COc1ccc([C@H]2[C@@H](C(=O)O)c3ccccc3C(=O)N2CC(F)(F)F)cn1. The summed E-state index contributed by atoms with van der Waals surface area (Å²) in [6.45, 7) is -1.57. The van der Waals surface area contributed by atoms with Gasteiger partial charge in [0.05, 0.1) is 13.2 Å². The standard InChI is InChI=1S/C18H15F3N2O4/c1-27-13-7-6-10(8-22-13)15-14(17(25)26)11-4-2-3-5-12(11)16(24)23(15)9-18(19,20)21/h2-8,14-15H,9H2,1H3,(H,25,26)/t14-,15-/m0/s1. The molecule has 2 aromatic rings. The third kappa shape index (κ3) is 3.57. The van der Waals surface area contributed by atoms with E-state index >= 15 is 0 Å². The molecule has 1 aliphatic heterocycles. The number of amides is 1. The number of hydrogen-bond acceptors (Lipinski definition) is 4. The summed E-state index contributed by atoms with van der Waals surface area (Å²) in [4.78, 5) is 29.2. The van der Waals surface area contributed by atoms with E-state index in [-0.39, 0.29) is 22.6 Å². The van der Waals surface area contributed by atoms with Crippen LogP contribution in [0.5, 0.6) is 5.88 Å². The fourth-order valence-electron chi connectivity index (χ4n) is 3.29. The number of aliphatic carboxylic acids is 1. The van der Waals surface area contributed by atoms with Crippen molar-refractivity contribution in [3.05, 3.63) is 59.3 Å². The van der Waals surface area contributed by atoms with E-state index in [4.69, 9.17) is 4.74 Å². The zero-order valence-corrected chi connectivity index (χ0v) is 14.1. The molecule has 142 valence electrons. The molecule has 0 fully saturated rings. The van der Waals surface area contributed by atoms with Crippen molar-refractivity contribution in [3.63, 3.8) is 0 Å². The molecule has 0 saturated heterocycles. The van der Waals surface area contributed by atoms with Crippen LogP contribution in [0, 0.1) is 0 Å². The molecule has 0 unspecified atom stereocenters. The van der Waals surface area contributed by atoms with Gasteiger partial charge in [-0.25, -0.2) is 4.98 Å². The highest BCUT2D eigenvalue weighted by molar-refractivity contribution is 6.00. The van der Waals surface area contributed by atoms with E-state index in [1.807, 2.05) is 0 Å². The Labute approximate surface area is 152 Å². The number of methoxy groups -OCH3 is 1. The number of carbonyl (C=O) groups is 2. The molecule has 9 heteroatoms. The van der Waals surface area contributed by atoms with Crippen LogP contribution in [-0.4, -0.2) is 46.7 Å². The fourth-order valence-corrected chi connectivity index (χ4v) is 3.29. The Bertz CT molecular complexity index is 868. The van der Waals surface area contributed by atoms with E-state index in [0.29, 0.717) is 4.90 Å². The average Bonchev–Trinajstić information content (AvgIpc) is 2.62. The molecule has 27 heavy (non-hydrogen) atoms. The average molecular weight is 380 g/mol. The number of rotatable bonds is 4. The van der Waals surface area contributed by atoms with Crippen LogP contribution < -0.4 is 4.74 Å². The van der Waals surface area contributed by atoms with Gasteiger partial charge < -0.3 is 14.7 Å². The summed E-state index contributed by atoms with van der Waals surface area (Å²) < 4.78 is 44.4. The predicted octanol–water partition coefficient (Wildman–Crippen LogP) is 3.02. The summed E-state index contributed by atoms with van der Waals surface area (Å²) in [6.07, 6.45) is -3.47. The van der Waals surface area contributed by atoms with Crippen molar-refractivity contribution >= 4 is 11.9 Å². The summed E-state index contributed by atoms with van der Waals surface area (Å²) >= 11 is 0. The molecule has 0 saturated carbocycles. The minimum absolute atomic E-state index is 0.0492. The van der Waals surface area contributed by atoms with Gasteiger partial charge in [0, 0.05) is 17.8 Å². The van der Waals surface area contributed by atoms with Crippen molar-refractivity contribution in [2.24, 2.45) is 0 Å². The van der Waals surface area contributed by atoms with E-state index in [1.165, 1.54) is 43.6 Å². The highest BCUT2D eigenvalue weighted by Crippen LogP contribution is 2.43. The van der Waals surface area contributed by atoms with Gasteiger partial charge in [-0.2, -0.15) is 13.2 Å². The van der Waals surface area contributed by atoms with Gasteiger partial charge in [-0.1, -0.05) is 24.3 Å². The van der Waals surface area contributed by atoms with E-state index in [1.54, 1.807) is 6.07 Å². The van der Waals surface area contributed by atoms with Crippen molar-refractivity contribution in [1.82, 2.24) is 9.88 Å². The van der Waals surface area contributed by atoms with Crippen molar-refractivity contribution in [3.8, 4) is 5.88 Å². The van der Waals surface area contributed by atoms with E-state index in [9.17, 15) is 27.9 Å². The first-order valence-electron chi connectivity index (χ1n) is 7.92. The normalized spacial score (nSPS) is 19.6. The highest BCUT2D eigenvalue weighted by Gasteiger charge is 2.47. The van der Waals surface area contributed by atoms with Gasteiger partial charge in [0.15, 0.2) is 0 Å². The Morgan fingerprint density at radius 1 is 1.26 bits per heavy atom. The lowest BCUT2D eigenvalue weighted by molar-refractivity contribution is -0.153. The van der Waals surface area contributed by atoms with Gasteiger partial charge in [-0.3, -0.25) is 9.59 Å². The predicted molar refractivity (Wildman–Crippen MR) is 87.4 cm³/mol. The number of alkyl halides is 3. The number of ether oxygens (including phenoxy) is 1. The number of pyridine rings is 1. The third-order valence-electron chi connectivity index (χ3n) is 4.36. The van der Waals surface area contributed by atoms with Crippen LogP contribution in [-0.2, 0) is 4.79 Å². The Kier molecular flexibility index (Phi) is 4.77. The van der Waals surface area contributed by atoms with Crippen molar-refractivity contribution in [1.29, 1.82) is 0 Å². The summed E-state index contributed by atoms with van der Waals surface area (Å²) in [5.41, 5.74) is 0.302. The summed E-state index contributed by atoms with van der Waals surface area (Å²) in [6, 6.07) is 7.27. The summed E-state index contributed by atoms with van der Waals surface area (Å²) in [5.74, 6) is -3.35. The molecular formula is C18H15F3N2O4. The monoisotopic (exact) mass is 380 g/mol. The molecule has 2 atom stereocenters. The number of carboxylic acid groups (broad SMARTS) is 1. The van der Waals surface area contributed by atoms with Crippen LogP contribution in [0.1, 0.15) is 33.4 Å². The number of nitrogens with zero attached hydrogens (tertiary/aromatic N) is 2. The molecule has 2 heterocycles. The Morgan fingerprint density at radius 2 is 1.96 bits per heavy atom. The zero-order chi connectivity index (χ0) is 19.8. The van der Waals surface area contributed by atoms with Gasteiger partial charge in [0.1, 0.15) is 12.5 Å². The van der Waals surface area contributed by atoms with Gasteiger partial charge in [0.2, 0.25) is 5.88 Å². The second kappa shape index (κ2) is 6.90. The maximum Gasteiger partial charge on any atom is 0.406 e. The lowest BCUT2D eigenvalue weighted by atomic mass is 9.80. The number of benzene rings is 1. The second-order valence-electron chi connectivity index (χ2n) is 6.03. The molecule has 0 aliphatic carbocycles. The number of carbonyl (C=O) groups excluding carboxylic acids is 1. The first kappa shape index (κ1) is 18.7. The Balaban J connectivity index is 2.19. The molecule has 3 rings (SSSR count). The molecule has 0 radical (unpaired) electrons. The van der Waals surface area contributed by atoms with Crippen LogP contribution in [0.2, 0.25) is 0 Å². The van der Waals surface area contributed by atoms with Crippen LogP contribution in [0.3, 0.4) is 0 Å². The Morgan fingerprint density at radius 3 is 2.52 bits per heavy atom. The van der Waals surface area contributed by atoms with Crippen LogP contribution >= 0.6 is 0 Å². The quantitative estimate of drug-likeness (QED) is 0.882. The first-order chi connectivity index (χ1) is 12.7. The Hall–Kier alpha value is -3.10. The molecule has 1 amide bonds. The number of hydrogen-bond donors (Lipinski definition) is 1. The minimum Gasteiger partial charge on any atom is -0.481 e. The lowest BCUT2D eigenvalue weighted by Crippen LogP contribution is -2.48.